The van der Waals surface area contributed by atoms with Gasteiger partial charge in [0.25, 0.3) is 0 Å². The molecule has 2 amide bonds. The SMILES string of the molecule is O=C(C[C@H]1CC=CCCC[C@H](Cc2ccccc2)C(=O)OC[C@@H](Cc2ccccc2)NC1=O)NC1(CO)CCCC1. The molecular formula is C34H44N2O5. The maximum Gasteiger partial charge on any atom is 0.309 e. The summed E-state index contributed by atoms with van der Waals surface area (Å²) in [5, 5.41) is 16.1. The first kappa shape index (κ1) is 30.5. The van der Waals surface area contributed by atoms with Crippen molar-refractivity contribution in [3.63, 3.8) is 0 Å². The fourth-order valence-electron chi connectivity index (χ4n) is 5.96. The zero-order valence-corrected chi connectivity index (χ0v) is 23.9. The molecule has 1 saturated carbocycles. The highest BCUT2D eigenvalue weighted by atomic mass is 16.5. The molecule has 0 unspecified atom stereocenters. The summed E-state index contributed by atoms with van der Waals surface area (Å²) in [4.78, 5) is 39.9. The normalized spacial score (nSPS) is 23.7. The van der Waals surface area contributed by atoms with Gasteiger partial charge in [-0.1, -0.05) is 85.7 Å². The molecule has 7 nitrogen and oxygen atoms in total. The molecule has 7 heteroatoms. The Kier molecular flexibility index (Phi) is 11.6. The fourth-order valence-corrected chi connectivity index (χ4v) is 5.96. The molecule has 1 fully saturated rings. The predicted molar refractivity (Wildman–Crippen MR) is 159 cm³/mol. The van der Waals surface area contributed by atoms with Crippen LogP contribution in [-0.2, 0) is 32.0 Å². The Hall–Kier alpha value is -3.45. The van der Waals surface area contributed by atoms with Gasteiger partial charge in [-0.3, -0.25) is 14.4 Å². The van der Waals surface area contributed by atoms with Crippen LogP contribution in [0.15, 0.2) is 72.8 Å². The summed E-state index contributed by atoms with van der Waals surface area (Å²) < 4.78 is 5.86. The van der Waals surface area contributed by atoms with Gasteiger partial charge in [-0.05, 0) is 62.5 Å². The minimum atomic E-state index is -0.578. The van der Waals surface area contributed by atoms with Crippen LogP contribution in [-0.4, -0.2) is 47.7 Å². The third kappa shape index (κ3) is 9.56. The van der Waals surface area contributed by atoms with Crippen molar-refractivity contribution in [1.82, 2.24) is 10.6 Å². The number of hydrogen-bond donors (Lipinski definition) is 3. The van der Waals surface area contributed by atoms with E-state index >= 15 is 0 Å². The molecule has 0 spiro atoms. The number of carbonyl (C=O) groups excluding carboxylic acids is 3. The van der Waals surface area contributed by atoms with Gasteiger partial charge in [-0.2, -0.15) is 0 Å². The van der Waals surface area contributed by atoms with E-state index in [4.69, 9.17) is 4.74 Å². The maximum absolute atomic E-state index is 13.6. The van der Waals surface area contributed by atoms with E-state index in [-0.39, 0.29) is 43.3 Å². The number of aliphatic hydroxyl groups is 1. The first-order chi connectivity index (χ1) is 20.0. The number of carbonyl (C=O) groups is 3. The molecule has 0 saturated heterocycles. The third-order valence-corrected chi connectivity index (χ3v) is 8.34. The van der Waals surface area contributed by atoms with Gasteiger partial charge in [-0.15, -0.1) is 0 Å². The van der Waals surface area contributed by atoms with Crippen LogP contribution in [0.2, 0.25) is 0 Å². The molecule has 1 aliphatic heterocycles. The highest BCUT2D eigenvalue weighted by Gasteiger charge is 2.35. The molecule has 220 valence electrons. The lowest BCUT2D eigenvalue weighted by Gasteiger charge is -2.29. The standard InChI is InChI=1S/C34H44N2O5/c37-25-34(19-11-12-20-34)36-31(38)23-28-17-9-1-2-10-18-29(21-26-13-5-3-6-14-26)33(40)41-24-30(35-32(28)39)22-27-15-7-4-8-16-27/h1,3-9,13-16,28-30,37H,2,10-12,17-25H2,(H,35,39)(H,36,38)/t28-,29-,30-/m1/s1. The Morgan fingerprint density at radius 3 is 2.22 bits per heavy atom. The van der Waals surface area contributed by atoms with E-state index < -0.39 is 17.5 Å². The second kappa shape index (κ2) is 15.5. The van der Waals surface area contributed by atoms with Crippen LogP contribution in [0.5, 0.6) is 0 Å². The summed E-state index contributed by atoms with van der Waals surface area (Å²) in [6.45, 7) is -0.0293. The summed E-state index contributed by atoms with van der Waals surface area (Å²) in [7, 11) is 0. The van der Waals surface area contributed by atoms with Crippen molar-refractivity contribution in [2.75, 3.05) is 13.2 Å². The number of nitrogens with one attached hydrogen (secondary N) is 2. The number of rotatable bonds is 8. The number of hydrogen-bond acceptors (Lipinski definition) is 5. The zero-order chi connectivity index (χ0) is 28.9. The smallest absolute Gasteiger partial charge is 0.309 e. The van der Waals surface area contributed by atoms with E-state index in [0.717, 1.165) is 49.7 Å². The Morgan fingerprint density at radius 1 is 0.902 bits per heavy atom. The summed E-state index contributed by atoms with van der Waals surface area (Å²) in [6.07, 6.45) is 11.4. The number of amides is 2. The molecule has 0 radical (unpaired) electrons. The van der Waals surface area contributed by atoms with Crippen molar-refractivity contribution in [2.45, 2.75) is 82.2 Å². The van der Waals surface area contributed by atoms with Crippen molar-refractivity contribution in [3.05, 3.63) is 83.9 Å². The van der Waals surface area contributed by atoms with E-state index in [1.54, 1.807) is 0 Å². The van der Waals surface area contributed by atoms with Gasteiger partial charge < -0.3 is 20.5 Å². The van der Waals surface area contributed by atoms with Gasteiger partial charge in [0.05, 0.1) is 30.0 Å². The molecular weight excluding hydrogens is 516 g/mol. The molecule has 4 rings (SSSR count). The number of cyclic esters (lactones) is 1. The summed E-state index contributed by atoms with van der Waals surface area (Å²) in [5.74, 6) is -1.52. The Labute approximate surface area is 243 Å². The van der Waals surface area contributed by atoms with E-state index in [1.165, 1.54) is 0 Å². The lowest BCUT2D eigenvalue weighted by molar-refractivity contribution is -0.150. The first-order valence-corrected chi connectivity index (χ1v) is 15.1. The average Bonchev–Trinajstić information content (AvgIpc) is 3.45. The monoisotopic (exact) mass is 560 g/mol. The van der Waals surface area contributed by atoms with Crippen molar-refractivity contribution >= 4 is 17.8 Å². The van der Waals surface area contributed by atoms with Crippen LogP contribution in [0.1, 0.15) is 68.9 Å². The zero-order valence-electron chi connectivity index (χ0n) is 23.9. The Balaban J connectivity index is 1.49. The maximum atomic E-state index is 13.6. The van der Waals surface area contributed by atoms with Gasteiger partial charge >= 0.3 is 5.97 Å². The summed E-state index contributed by atoms with van der Waals surface area (Å²) in [5.41, 5.74) is 1.55. The Morgan fingerprint density at radius 2 is 1.56 bits per heavy atom. The van der Waals surface area contributed by atoms with Crippen LogP contribution in [0.4, 0.5) is 0 Å². The number of allylic oxidation sites excluding steroid dienone is 2. The van der Waals surface area contributed by atoms with E-state index in [1.807, 2.05) is 72.8 Å². The van der Waals surface area contributed by atoms with Crippen molar-refractivity contribution in [1.29, 1.82) is 0 Å². The molecule has 2 aromatic rings. The van der Waals surface area contributed by atoms with E-state index in [2.05, 4.69) is 10.6 Å². The highest BCUT2D eigenvalue weighted by molar-refractivity contribution is 5.86. The second-order valence-electron chi connectivity index (χ2n) is 11.6. The van der Waals surface area contributed by atoms with Crippen LogP contribution < -0.4 is 10.6 Å². The van der Waals surface area contributed by atoms with Crippen LogP contribution in [0.25, 0.3) is 0 Å². The fraction of sp³-hybridized carbons (Fsp3) is 0.500. The minimum Gasteiger partial charge on any atom is -0.463 e. The van der Waals surface area contributed by atoms with Crippen molar-refractivity contribution in [2.24, 2.45) is 11.8 Å². The first-order valence-electron chi connectivity index (χ1n) is 15.1. The van der Waals surface area contributed by atoms with Gasteiger partial charge in [0.1, 0.15) is 6.61 Å². The molecule has 3 atom stereocenters. The lowest BCUT2D eigenvalue weighted by atomic mass is 9.93. The number of aliphatic hydroxyl groups excluding tert-OH is 1. The quantitative estimate of drug-likeness (QED) is 0.321. The molecule has 2 aliphatic rings. The van der Waals surface area contributed by atoms with Gasteiger partial charge in [-0.25, -0.2) is 0 Å². The predicted octanol–water partition coefficient (Wildman–Crippen LogP) is 4.67. The number of benzene rings is 2. The highest BCUT2D eigenvalue weighted by Crippen LogP contribution is 2.29. The third-order valence-electron chi connectivity index (χ3n) is 8.34. The summed E-state index contributed by atoms with van der Waals surface area (Å²) >= 11 is 0. The average molecular weight is 561 g/mol. The van der Waals surface area contributed by atoms with E-state index in [9.17, 15) is 19.5 Å². The largest absolute Gasteiger partial charge is 0.463 e. The van der Waals surface area contributed by atoms with Gasteiger partial charge in [0.2, 0.25) is 11.8 Å². The van der Waals surface area contributed by atoms with Gasteiger partial charge in [0, 0.05) is 6.42 Å². The molecule has 2 aromatic carbocycles. The van der Waals surface area contributed by atoms with Gasteiger partial charge in [0.15, 0.2) is 0 Å². The second-order valence-corrected chi connectivity index (χ2v) is 11.6. The van der Waals surface area contributed by atoms with Crippen LogP contribution in [0.3, 0.4) is 0 Å². The van der Waals surface area contributed by atoms with Crippen LogP contribution >= 0.6 is 0 Å². The van der Waals surface area contributed by atoms with E-state index in [0.29, 0.717) is 25.7 Å². The molecule has 1 aliphatic carbocycles. The molecule has 0 bridgehead atoms. The molecule has 0 aromatic heterocycles. The molecule has 41 heavy (non-hydrogen) atoms. The lowest BCUT2D eigenvalue weighted by Crippen LogP contribution is -2.50. The molecule has 1 heterocycles. The van der Waals surface area contributed by atoms with Crippen molar-refractivity contribution in [3.8, 4) is 0 Å². The summed E-state index contributed by atoms with van der Waals surface area (Å²) in [6, 6.07) is 19.4. The number of esters is 1. The van der Waals surface area contributed by atoms with Crippen LogP contribution in [0, 0.1) is 11.8 Å². The van der Waals surface area contributed by atoms with Crippen molar-refractivity contribution < 1.29 is 24.2 Å². The number of ether oxygens (including phenoxy) is 1. The Bertz CT molecular complexity index is 1140. The minimum absolute atomic E-state index is 0.0366. The molecule has 3 N–H and O–H groups in total. The topological polar surface area (TPSA) is 105 Å².